The van der Waals surface area contributed by atoms with Crippen LogP contribution in [-0.4, -0.2) is 26.3 Å². The molecule has 1 heterocycles. The first-order valence-electron chi connectivity index (χ1n) is 5.00. The van der Waals surface area contributed by atoms with Gasteiger partial charge in [-0.2, -0.15) is 0 Å². The minimum absolute atomic E-state index is 0.136. The molecular formula is C11H16O3S. The molecule has 0 aliphatic carbocycles. The van der Waals surface area contributed by atoms with Crippen molar-refractivity contribution in [1.29, 1.82) is 0 Å². The molecule has 0 spiro atoms. The number of esters is 1. The molecular weight excluding hydrogens is 212 g/mol. The lowest BCUT2D eigenvalue weighted by atomic mass is 10.2. The highest BCUT2D eigenvalue weighted by Crippen LogP contribution is 2.11. The molecule has 0 bridgehead atoms. The van der Waals surface area contributed by atoms with E-state index in [4.69, 9.17) is 9.47 Å². The van der Waals surface area contributed by atoms with E-state index in [1.54, 1.807) is 18.4 Å². The molecule has 1 aromatic heterocycles. The van der Waals surface area contributed by atoms with Crippen LogP contribution in [0.1, 0.15) is 17.7 Å². The van der Waals surface area contributed by atoms with E-state index in [9.17, 15) is 4.79 Å². The highest BCUT2D eigenvalue weighted by molar-refractivity contribution is 7.09. The van der Waals surface area contributed by atoms with Gasteiger partial charge in [-0.15, -0.1) is 11.3 Å². The first-order chi connectivity index (χ1) is 7.33. The summed E-state index contributed by atoms with van der Waals surface area (Å²) >= 11 is 1.72. The molecule has 1 rings (SSSR count). The van der Waals surface area contributed by atoms with Gasteiger partial charge in [-0.25, -0.2) is 0 Å². The summed E-state index contributed by atoms with van der Waals surface area (Å²) in [5.41, 5.74) is 0. The molecule has 0 radical (unpaired) electrons. The average molecular weight is 228 g/mol. The third-order valence-corrected chi connectivity index (χ3v) is 2.87. The fraction of sp³-hybridized carbons (Fsp3) is 0.545. The number of hydrogen-bond acceptors (Lipinski definition) is 4. The van der Waals surface area contributed by atoms with Crippen LogP contribution in [0.15, 0.2) is 17.5 Å². The van der Waals surface area contributed by atoms with E-state index in [2.05, 4.69) is 6.07 Å². The third-order valence-electron chi connectivity index (χ3n) is 1.93. The van der Waals surface area contributed by atoms with Gasteiger partial charge in [-0.05, 0) is 24.3 Å². The first-order valence-corrected chi connectivity index (χ1v) is 5.88. The predicted octanol–water partition coefficient (Wildman–Crippen LogP) is 2.26. The number of aryl methyl sites for hydroxylation is 1. The summed E-state index contributed by atoms with van der Waals surface area (Å²) in [5, 5.41) is 2.05. The number of carbonyl (C=O) groups excluding carboxylic acids is 1. The quantitative estimate of drug-likeness (QED) is 0.530. The normalized spacial score (nSPS) is 10.2. The van der Waals surface area contributed by atoms with Crippen LogP contribution in [0.4, 0.5) is 0 Å². The molecule has 1 aromatic rings. The van der Waals surface area contributed by atoms with Gasteiger partial charge in [0.25, 0.3) is 0 Å². The fourth-order valence-corrected chi connectivity index (χ4v) is 1.92. The van der Waals surface area contributed by atoms with Crippen LogP contribution in [0.25, 0.3) is 0 Å². The van der Waals surface area contributed by atoms with E-state index in [1.165, 1.54) is 4.88 Å². The summed E-state index contributed by atoms with van der Waals surface area (Å²) in [5.74, 6) is -0.136. The number of thiophene rings is 1. The minimum Gasteiger partial charge on any atom is -0.463 e. The van der Waals surface area contributed by atoms with Gasteiger partial charge in [0.2, 0.25) is 0 Å². The molecule has 4 heteroatoms. The Hall–Kier alpha value is -0.870. The summed E-state index contributed by atoms with van der Waals surface area (Å²) in [7, 11) is 1.59. The first kappa shape index (κ1) is 12.2. The Bertz CT molecular complexity index is 269. The van der Waals surface area contributed by atoms with E-state index >= 15 is 0 Å². The lowest BCUT2D eigenvalue weighted by Gasteiger charge is -2.03. The van der Waals surface area contributed by atoms with Crippen LogP contribution < -0.4 is 0 Å². The summed E-state index contributed by atoms with van der Waals surface area (Å²) < 4.78 is 9.72. The number of ether oxygens (including phenoxy) is 2. The second-order valence-electron chi connectivity index (χ2n) is 3.15. The van der Waals surface area contributed by atoms with Gasteiger partial charge in [-0.3, -0.25) is 4.79 Å². The van der Waals surface area contributed by atoms with Crippen molar-refractivity contribution in [3.8, 4) is 0 Å². The van der Waals surface area contributed by atoms with Gasteiger partial charge in [0.05, 0.1) is 6.61 Å². The van der Waals surface area contributed by atoms with Crippen LogP contribution in [0.2, 0.25) is 0 Å². The largest absolute Gasteiger partial charge is 0.463 e. The topological polar surface area (TPSA) is 35.5 Å². The monoisotopic (exact) mass is 228 g/mol. The molecule has 0 saturated heterocycles. The zero-order chi connectivity index (χ0) is 10.9. The van der Waals surface area contributed by atoms with Crippen LogP contribution in [0.3, 0.4) is 0 Å². The predicted molar refractivity (Wildman–Crippen MR) is 60.1 cm³/mol. The van der Waals surface area contributed by atoms with Gasteiger partial charge in [0.15, 0.2) is 0 Å². The van der Waals surface area contributed by atoms with Crippen LogP contribution >= 0.6 is 11.3 Å². The molecule has 0 unspecified atom stereocenters. The zero-order valence-electron chi connectivity index (χ0n) is 8.90. The van der Waals surface area contributed by atoms with Crippen LogP contribution in [0.5, 0.6) is 0 Å². The van der Waals surface area contributed by atoms with E-state index in [-0.39, 0.29) is 5.97 Å². The zero-order valence-corrected chi connectivity index (χ0v) is 9.72. The summed E-state index contributed by atoms with van der Waals surface area (Å²) in [4.78, 5) is 12.5. The Balaban J connectivity index is 2.02. The van der Waals surface area contributed by atoms with Gasteiger partial charge in [0, 0.05) is 18.4 Å². The Labute approximate surface area is 94.0 Å². The maximum absolute atomic E-state index is 11.2. The van der Waals surface area contributed by atoms with E-state index < -0.39 is 0 Å². The van der Waals surface area contributed by atoms with Crippen molar-refractivity contribution in [1.82, 2.24) is 0 Å². The van der Waals surface area contributed by atoms with Crippen molar-refractivity contribution in [3.05, 3.63) is 22.4 Å². The second-order valence-corrected chi connectivity index (χ2v) is 4.18. The Kier molecular flexibility index (Phi) is 6.04. The molecule has 3 nitrogen and oxygen atoms in total. The number of rotatable bonds is 7. The maximum Gasteiger partial charge on any atom is 0.305 e. The van der Waals surface area contributed by atoms with E-state index in [0.29, 0.717) is 19.6 Å². The van der Waals surface area contributed by atoms with Crippen molar-refractivity contribution in [3.63, 3.8) is 0 Å². The van der Waals surface area contributed by atoms with Gasteiger partial charge >= 0.3 is 5.97 Å². The molecule has 0 aliphatic heterocycles. The van der Waals surface area contributed by atoms with Crippen molar-refractivity contribution in [2.45, 2.75) is 19.3 Å². The maximum atomic E-state index is 11.2. The number of methoxy groups -OCH3 is 1. The van der Waals surface area contributed by atoms with E-state index in [0.717, 1.165) is 12.8 Å². The Morgan fingerprint density at radius 1 is 1.47 bits per heavy atom. The van der Waals surface area contributed by atoms with Gasteiger partial charge in [0.1, 0.15) is 6.61 Å². The molecule has 0 amide bonds. The standard InChI is InChI=1S/C11H16O3S/c1-13-7-8-14-11(12)6-2-4-10-5-3-9-15-10/h3,5,9H,2,4,6-8H2,1H3. The Morgan fingerprint density at radius 2 is 2.33 bits per heavy atom. The molecule has 15 heavy (non-hydrogen) atoms. The van der Waals surface area contributed by atoms with E-state index in [1.807, 2.05) is 11.4 Å². The van der Waals surface area contributed by atoms with Crippen LogP contribution in [0, 0.1) is 0 Å². The third kappa shape index (κ3) is 5.54. The summed E-state index contributed by atoms with van der Waals surface area (Å²) in [6, 6.07) is 4.11. The molecule has 0 fully saturated rings. The fourth-order valence-electron chi connectivity index (χ4n) is 1.17. The average Bonchev–Trinajstić information content (AvgIpc) is 2.71. The molecule has 0 aliphatic rings. The molecule has 0 N–H and O–H groups in total. The Morgan fingerprint density at radius 3 is 3.00 bits per heavy atom. The summed E-state index contributed by atoms with van der Waals surface area (Å²) in [6.45, 7) is 0.824. The minimum atomic E-state index is -0.136. The van der Waals surface area contributed by atoms with Crippen molar-refractivity contribution < 1.29 is 14.3 Å². The summed E-state index contributed by atoms with van der Waals surface area (Å²) in [6.07, 6.45) is 2.30. The molecule has 84 valence electrons. The second kappa shape index (κ2) is 7.43. The van der Waals surface area contributed by atoms with Crippen molar-refractivity contribution >= 4 is 17.3 Å². The highest BCUT2D eigenvalue weighted by Gasteiger charge is 2.02. The van der Waals surface area contributed by atoms with Gasteiger partial charge < -0.3 is 9.47 Å². The SMILES string of the molecule is COCCOC(=O)CCCc1cccs1. The number of hydrogen-bond donors (Lipinski definition) is 0. The molecule has 0 atom stereocenters. The van der Waals surface area contributed by atoms with Gasteiger partial charge in [-0.1, -0.05) is 6.07 Å². The number of carbonyl (C=O) groups is 1. The smallest absolute Gasteiger partial charge is 0.305 e. The molecule has 0 saturated carbocycles. The van der Waals surface area contributed by atoms with Crippen molar-refractivity contribution in [2.75, 3.05) is 20.3 Å². The van der Waals surface area contributed by atoms with Crippen molar-refractivity contribution in [2.24, 2.45) is 0 Å². The lowest BCUT2D eigenvalue weighted by molar-refractivity contribution is -0.144. The van der Waals surface area contributed by atoms with Crippen LogP contribution in [-0.2, 0) is 20.7 Å². The highest BCUT2D eigenvalue weighted by atomic mass is 32.1. The lowest BCUT2D eigenvalue weighted by Crippen LogP contribution is -2.09. The molecule has 0 aromatic carbocycles.